The van der Waals surface area contributed by atoms with Crippen molar-refractivity contribution in [2.24, 2.45) is 0 Å². The lowest BCUT2D eigenvalue weighted by Gasteiger charge is -2.29. The van der Waals surface area contributed by atoms with Gasteiger partial charge in [0.25, 0.3) is 11.8 Å². The van der Waals surface area contributed by atoms with Gasteiger partial charge in [-0.2, -0.15) is 0 Å². The van der Waals surface area contributed by atoms with Crippen molar-refractivity contribution < 1.29 is 23.6 Å². The molecule has 2 atom stereocenters. The van der Waals surface area contributed by atoms with Crippen LogP contribution < -0.4 is 10.6 Å². The summed E-state index contributed by atoms with van der Waals surface area (Å²) in [6.07, 6.45) is 4.42. The molecule has 4 amide bonds. The maximum atomic E-state index is 13.4. The quantitative estimate of drug-likeness (QED) is 0.524. The zero-order valence-electron chi connectivity index (χ0n) is 18.6. The van der Waals surface area contributed by atoms with E-state index in [0.717, 1.165) is 11.8 Å². The summed E-state index contributed by atoms with van der Waals surface area (Å²) in [5.41, 5.74) is 2.22. The Morgan fingerprint density at radius 2 is 2.06 bits per heavy atom. The van der Waals surface area contributed by atoms with E-state index in [-0.39, 0.29) is 36.9 Å². The van der Waals surface area contributed by atoms with Crippen LogP contribution >= 0.6 is 0 Å². The number of carbonyl (C=O) groups is 4. The Kier molecular flexibility index (Phi) is 5.55. The van der Waals surface area contributed by atoms with Crippen LogP contribution in [0.5, 0.6) is 0 Å². The lowest BCUT2D eigenvalue weighted by atomic mass is 10.0. The molecular formula is C23H20FN7O4. The van der Waals surface area contributed by atoms with E-state index in [2.05, 4.69) is 25.9 Å². The van der Waals surface area contributed by atoms with E-state index in [1.54, 1.807) is 25.1 Å². The fourth-order valence-corrected chi connectivity index (χ4v) is 4.20. The van der Waals surface area contributed by atoms with Gasteiger partial charge in [-0.15, -0.1) is 5.10 Å². The molecule has 0 aliphatic carbocycles. The van der Waals surface area contributed by atoms with E-state index in [1.165, 1.54) is 28.0 Å². The van der Waals surface area contributed by atoms with Gasteiger partial charge in [-0.1, -0.05) is 11.3 Å². The number of aromatic nitrogens is 4. The van der Waals surface area contributed by atoms with Crippen molar-refractivity contribution in [2.45, 2.75) is 38.4 Å². The summed E-state index contributed by atoms with van der Waals surface area (Å²) in [5.74, 6) is -2.14. The monoisotopic (exact) mass is 477 g/mol. The second kappa shape index (κ2) is 8.70. The van der Waals surface area contributed by atoms with E-state index in [0.29, 0.717) is 16.8 Å². The lowest BCUT2D eigenvalue weighted by Crippen LogP contribution is -2.52. The number of imide groups is 1. The van der Waals surface area contributed by atoms with Crippen molar-refractivity contribution in [3.05, 3.63) is 71.1 Å². The largest absolute Gasteiger partial charge is 0.344 e. The van der Waals surface area contributed by atoms with E-state index in [4.69, 9.17) is 0 Å². The van der Waals surface area contributed by atoms with Gasteiger partial charge in [0.15, 0.2) is 5.69 Å². The highest BCUT2D eigenvalue weighted by Gasteiger charge is 2.39. The molecule has 12 heteroatoms. The molecule has 2 aliphatic rings. The maximum absolute atomic E-state index is 13.4. The summed E-state index contributed by atoms with van der Waals surface area (Å²) in [7, 11) is 0. The summed E-state index contributed by atoms with van der Waals surface area (Å²) in [4.78, 5) is 54.5. The Labute approximate surface area is 198 Å². The van der Waals surface area contributed by atoms with Crippen LogP contribution in [0.25, 0.3) is 5.69 Å². The Balaban J connectivity index is 1.31. The van der Waals surface area contributed by atoms with Gasteiger partial charge >= 0.3 is 0 Å². The summed E-state index contributed by atoms with van der Waals surface area (Å²) in [6, 6.07) is 5.20. The molecule has 1 unspecified atom stereocenters. The summed E-state index contributed by atoms with van der Waals surface area (Å²) < 4.78 is 14.8. The first-order chi connectivity index (χ1) is 16.8. The molecule has 1 fully saturated rings. The number of hydrogen-bond acceptors (Lipinski definition) is 7. The first kappa shape index (κ1) is 22.3. The molecule has 0 spiro atoms. The molecule has 0 radical (unpaired) electrons. The Hall–Kier alpha value is -4.48. The first-order valence-corrected chi connectivity index (χ1v) is 10.9. The van der Waals surface area contributed by atoms with Crippen LogP contribution in [0.3, 0.4) is 0 Å². The molecule has 11 nitrogen and oxygen atoms in total. The van der Waals surface area contributed by atoms with E-state index >= 15 is 0 Å². The first-order valence-electron chi connectivity index (χ1n) is 10.9. The zero-order chi connectivity index (χ0) is 24.7. The van der Waals surface area contributed by atoms with Crippen molar-refractivity contribution in [1.29, 1.82) is 0 Å². The second-order valence-corrected chi connectivity index (χ2v) is 8.42. The minimum Gasteiger partial charge on any atom is -0.344 e. The fraction of sp³-hybridized carbons (Fsp3) is 0.261. The third kappa shape index (κ3) is 4.25. The molecule has 2 aromatic heterocycles. The van der Waals surface area contributed by atoms with Crippen molar-refractivity contribution in [2.75, 3.05) is 0 Å². The van der Waals surface area contributed by atoms with E-state index in [1.807, 2.05) is 0 Å². The van der Waals surface area contributed by atoms with Crippen LogP contribution in [0.1, 0.15) is 57.8 Å². The normalized spacial score (nSPS) is 18.3. The highest BCUT2D eigenvalue weighted by molar-refractivity contribution is 6.05. The standard InChI is InChI=1S/C23H20FN7O4/c1-12(14-6-15(24)9-25-8-14)26-21(33)18-11-31(29-28-18)16-3-2-13-10-30(23(35)17(13)7-16)19-4-5-20(32)27-22(19)34/h2-3,6-9,11-12,19H,4-5,10H2,1H3,(H,26,33)(H,27,32,34)/t12-,19?/m1/s1. The highest BCUT2D eigenvalue weighted by Crippen LogP contribution is 2.29. The second-order valence-electron chi connectivity index (χ2n) is 8.42. The third-order valence-electron chi connectivity index (χ3n) is 6.08. The highest BCUT2D eigenvalue weighted by atomic mass is 19.1. The molecular weight excluding hydrogens is 457 g/mol. The summed E-state index contributed by atoms with van der Waals surface area (Å²) in [6.45, 7) is 1.96. The Bertz CT molecular complexity index is 1370. The number of halogens is 1. The molecule has 35 heavy (non-hydrogen) atoms. The number of piperidine rings is 1. The van der Waals surface area contributed by atoms with E-state index in [9.17, 15) is 23.6 Å². The average Bonchev–Trinajstić information content (AvgIpc) is 3.44. The van der Waals surface area contributed by atoms with Crippen LogP contribution in [0.2, 0.25) is 0 Å². The van der Waals surface area contributed by atoms with Crippen molar-refractivity contribution >= 4 is 23.6 Å². The van der Waals surface area contributed by atoms with Gasteiger partial charge in [-0.05, 0) is 42.7 Å². The predicted octanol–water partition coefficient (Wildman–Crippen LogP) is 1.05. The smallest absolute Gasteiger partial charge is 0.273 e. The number of carbonyl (C=O) groups excluding carboxylic acids is 4. The number of nitrogens with one attached hydrogen (secondary N) is 2. The topological polar surface area (TPSA) is 139 Å². The van der Waals surface area contributed by atoms with Gasteiger partial charge in [0.05, 0.1) is 24.1 Å². The SMILES string of the molecule is C[C@@H](NC(=O)c1cn(-c2ccc3c(c2)C(=O)N(C2CCC(=O)NC2=O)C3)nn1)c1cncc(F)c1. The number of amides is 4. The number of pyridine rings is 1. The van der Waals surface area contributed by atoms with Crippen molar-refractivity contribution in [3.8, 4) is 5.69 Å². The minimum atomic E-state index is -0.701. The van der Waals surface area contributed by atoms with Gasteiger partial charge < -0.3 is 10.2 Å². The maximum Gasteiger partial charge on any atom is 0.273 e. The van der Waals surface area contributed by atoms with Crippen LogP contribution in [0.4, 0.5) is 4.39 Å². The number of benzene rings is 1. The number of rotatable bonds is 5. The Morgan fingerprint density at radius 1 is 1.23 bits per heavy atom. The molecule has 2 N–H and O–H groups in total. The van der Waals surface area contributed by atoms with Gasteiger partial charge in [-0.25, -0.2) is 9.07 Å². The van der Waals surface area contributed by atoms with Crippen molar-refractivity contribution in [3.63, 3.8) is 0 Å². The molecule has 178 valence electrons. The molecule has 2 aliphatic heterocycles. The van der Waals surface area contributed by atoms with Gasteiger partial charge in [-0.3, -0.25) is 29.5 Å². The molecule has 1 saturated heterocycles. The summed E-state index contributed by atoms with van der Waals surface area (Å²) >= 11 is 0. The average molecular weight is 477 g/mol. The third-order valence-corrected chi connectivity index (χ3v) is 6.08. The zero-order valence-corrected chi connectivity index (χ0v) is 18.6. The van der Waals surface area contributed by atoms with Gasteiger partial charge in [0, 0.05) is 24.7 Å². The molecule has 0 saturated carbocycles. The Morgan fingerprint density at radius 3 is 2.83 bits per heavy atom. The van der Waals surface area contributed by atoms with Crippen molar-refractivity contribution in [1.82, 2.24) is 35.5 Å². The van der Waals surface area contributed by atoms with Crippen LogP contribution in [0, 0.1) is 5.82 Å². The van der Waals surface area contributed by atoms with Gasteiger partial charge in [0.1, 0.15) is 11.9 Å². The van der Waals surface area contributed by atoms with Gasteiger partial charge in [0.2, 0.25) is 11.8 Å². The number of nitrogens with zero attached hydrogens (tertiary/aromatic N) is 5. The molecule has 4 heterocycles. The number of hydrogen-bond donors (Lipinski definition) is 2. The molecule has 1 aromatic carbocycles. The van der Waals surface area contributed by atoms with Crippen LogP contribution in [-0.4, -0.2) is 54.5 Å². The minimum absolute atomic E-state index is 0.0400. The summed E-state index contributed by atoms with van der Waals surface area (Å²) in [5, 5.41) is 12.9. The lowest BCUT2D eigenvalue weighted by molar-refractivity contribution is -0.136. The fourth-order valence-electron chi connectivity index (χ4n) is 4.20. The molecule has 3 aromatic rings. The number of fused-ring (bicyclic) bond motifs is 1. The molecule has 5 rings (SSSR count). The van der Waals surface area contributed by atoms with Crippen LogP contribution in [-0.2, 0) is 16.1 Å². The van der Waals surface area contributed by atoms with E-state index < -0.39 is 29.7 Å². The molecule has 0 bridgehead atoms. The van der Waals surface area contributed by atoms with Crippen LogP contribution in [0.15, 0.2) is 42.9 Å². The predicted molar refractivity (Wildman–Crippen MR) is 117 cm³/mol.